The summed E-state index contributed by atoms with van der Waals surface area (Å²) < 4.78 is 5.69. The lowest BCUT2D eigenvalue weighted by Gasteiger charge is -2.08. The maximum absolute atomic E-state index is 12.4. The number of halogens is 1. The second-order valence-electron chi connectivity index (χ2n) is 5.98. The lowest BCUT2D eigenvalue weighted by Crippen LogP contribution is -2.22. The van der Waals surface area contributed by atoms with E-state index in [9.17, 15) is 4.79 Å². The molecule has 0 amide bonds. The van der Waals surface area contributed by atoms with Crippen LogP contribution in [-0.2, 0) is 13.1 Å². The molecule has 0 fully saturated rings. The Bertz CT molecular complexity index is 1090. The highest BCUT2D eigenvalue weighted by Gasteiger charge is 2.06. The van der Waals surface area contributed by atoms with Crippen molar-refractivity contribution in [1.82, 2.24) is 18.5 Å². The van der Waals surface area contributed by atoms with Crippen molar-refractivity contribution in [1.29, 1.82) is 0 Å². The average Bonchev–Trinajstić information content (AvgIpc) is 3.13. The molecule has 3 heterocycles. The molecule has 4 aromatic rings. The van der Waals surface area contributed by atoms with E-state index in [1.54, 1.807) is 8.97 Å². The molecule has 0 saturated carbocycles. The zero-order valence-electron chi connectivity index (χ0n) is 13.3. The van der Waals surface area contributed by atoms with Crippen molar-refractivity contribution in [2.45, 2.75) is 26.4 Å². The van der Waals surface area contributed by atoms with Gasteiger partial charge in [0.1, 0.15) is 0 Å². The molecule has 0 aliphatic carbocycles. The molecular formula is C18H17ClN4O. The number of fused-ring (bicyclic) bond motifs is 2. The highest BCUT2D eigenvalue weighted by molar-refractivity contribution is 6.31. The maximum Gasteiger partial charge on any atom is 0.294 e. The van der Waals surface area contributed by atoms with E-state index in [0.717, 1.165) is 34.6 Å². The molecule has 6 heteroatoms. The zero-order chi connectivity index (χ0) is 16.7. The topological polar surface area (TPSA) is 44.2 Å². The Morgan fingerprint density at radius 2 is 1.92 bits per heavy atom. The molecule has 0 radical (unpaired) electrons. The van der Waals surface area contributed by atoms with Crippen LogP contribution in [0.5, 0.6) is 0 Å². The van der Waals surface area contributed by atoms with E-state index < -0.39 is 0 Å². The van der Waals surface area contributed by atoms with Crippen LogP contribution in [-0.4, -0.2) is 18.5 Å². The molecule has 0 atom stereocenters. The summed E-state index contributed by atoms with van der Waals surface area (Å²) in [6.45, 7) is 3.39. The van der Waals surface area contributed by atoms with Crippen molar-refractivity contribution in [3.8, 4) is 0 Å². The second kappa shape index (κ2) is 5.83. The van der Waals surface area contributed by atoms with Crippen molar-refractivity contribution in [3.05, 3.63) is 70.1 Å². The first-order valence-electron chi connectivity index (χ1n) is 7.91. The number of rotatable bonds is 4. The van der Waals surface area contributed by atoms with Crippen LogP contribution in [0.25, 0.3) is 16.6 Å². The summed E-state index contributed by atoms with van der Waals surface area (Å²) >= 11 is 6.02. The van der Waals surface area contributed by atoms with E-state index in [1.807, 2.05) is 43.7 Å². The van der Waals surface area contributed by atoms with E-state index in [4.69, 9.17) is 11.6 Å². The molecule has 3 aromatic heterocycles. The van der Waals surface area contributed by atoms with E-state index in [0.29, 0.717) is 12.2 Å². The van der Waals surface area contributed by atoms with Crippen LogP contribution in [0, 0.1) is 6.92 Å². The van der Waals surface area contributed by atoms with Crippen molar-refractivity contribution < 1.29 is 0 Å². The van der Waals surface area contributed by atoms with E-state index in [-0.39, 0.29) is 5.56 Å². The van der Waals surface area contributed by atoms with Gasteiger partial charge >= 0.3 is 0 Å². The lowest BCUT2D eigenvalue weighted by atomic mass is 10.2. The molecule has 5 nitrogen and oxygen atoms in total. The highest BCUT2D eigenvalue weighted by atomic mass is 35.5. The fourth-order valence-corrected chi connectivity index (χ4v) is 3.27. The number of imidazole rings is 1. The molecule has 0 unspecified atom stereocenters. The van der Waals surface area contributed by atoms with Gasteiger partial charge in [0.05, 0.1) is 5.69 Å². The SMILES string of the molecule is Cc1cn2ccn(CCCn3ccc4cc(Cl)ccc43)c(=O)c2n1. The summed E-state index contributed by atoms with van der Waals surface area (Å²) in [7, 11) is 0. The van der Waals surface area contributed by atoms with Crippen LogP contribution in [0.4, 0.5) is 0 Å². The maximum atomic E-state index is 12.4. The minimum absolute atomic E-state index is 0.0465. The van der Waals surface area contributed by atoms with Gasteiger partial charge in [0.2, 0.25) is 5.65 Å². The lowest BCUT2D eigenvalue weighted by molar-refractivity contribution is 0.561. The van der Waals surface area contributed by atoms with Crippen LogP contribution >= 0.6 is 11.6 Å². The van der Waals surface area contributed by atoms with E-state index in [1.165, 1.54) is 0 Å². The first-order valence-corrected chi connectivity index (χ1v) is 8.29. The minimum Gasteiger partial charge on any atom is -0.347 e. The number of benzene rings is 1. The normalized spacial score (nSPS) is 11.6. The van der Waals surface area contributed by atoms with Crippen molar-refractivity contribution in [3.63, 3.8) is 0 Å². The fourth-order valence-electron chi connectivity index (χ4n) is 3.09. The van der Waals surface area contributed by atoms with E-state index >= 15 is 0 Å². The Kier molecular flexibility index (Phi) is 3.65. The number of aromatic nitrogens is 4. The van der Waals surface area contributed by atoms with Gasteiger partial charge in [-0.05, 0) is 37.6 Å². The number of hydrogen-bond acceptors (Lipinski definition) is 2. The van der Waals surface area contributed by atoms with Gasteiger partial charge < -0.3 is 13.5 Å². The summed E-state index contributed by atoms with van der Waals surface area (Å²) in [5.41, 5.74) is 2.44. The van der Waals surface area contributed by atoms with E-state index in [2.05, 4.69) is 21.8 Å². The van der Waals surface area contributed by atoms with Gasteiger partial charge in [-0.25, -0.2) is 4.98 Å². The van der Waals surface area contributed by atoms with Crippen molar-refractivity contribution >= 4 is 28.2 Å². The Hall–Kier alpha value is -2.53. The standard InChI is InChI=1S/C18H17ClN4O/c1-13-12-23-10-9-22(18(24)17(23)20-13)7-2-6-21-8-5-14-11-15(19)3-4-16(14)21/h3-5,8-12H,2,6-7H2,1H3. The number of hydrogen-bond donors (Lipinski definition) is 0. The zero-order valence-corrected chi connectivity index (χ0v) is 14.1. The summed E-state index contributed by atoms with van der Waals surface area (Å²) in [6, 6.07) is 7.96. The van der Waals surface area contributed by atoms with Crippen molar-refractivity contribution in [2.24, 2.45) is 0 Å². The molecule has 0 spiro atoms. The summed E-state index contributed by atoms with van der Waals surface area (Å²) in [6.07, 6.45) is 8.49. The molecule has 1 aromatic carbocycles. The molecule has 0 N–H and O–H groups in total. The average molecular weight is 341 g/mol. The van der Waals surface area contributed by atoms with Gasteiger partial charge in [0.15, 0.2) is 0 Å². The Balaban J connectivity index is 1.52. The summed E-state index contributed by atoms with van der Waals surface area (Å²) in [5, 5.41) is 1.88. The molecule has 24 heavy (non-hydrogen) atoms. The van der Waals surface area contributed by atoms with Crippen molar-refractivity contribution in [2.75, 3.05) is 0 Å². The second-order valence-corrected chi connectivity index (χ2v) is 6.41. The molecule has 4 rings (SSSR count). The molecule has 0 saturated heterocycles. The first kappa shape index (κ1) is 15.0. The Morgan fingerprint density at radius 3 is 2.79 bits per heavy atom. The van der Waals surface area contributed by atoms with Crippen LogP contribution in [0.3, 0.4) is 0 Å². The van der Waals surface area contributed by atoms with Gasteiger partial charge in [-0.1, -0.05) is 11.6 Å². The molecule has 122 valence electrons. The summed E-state index contributed by atoms with van der Waals surface area (Å²) in [4.78, 5) is 16.7. The molecular weight excluding hydrogens is 324 g/mol. The largest absolute Gasteiger partial charge is 0.347 e. The highest BCUT2D eigenvalue weighted by Crippen LogP contribution is 2.20. The Labute approximate surface area is 143 Å². The molecule has 0 aliphatic heterocycles. The first-order chi connectivity index (χ1) is 11.6. The quantitative estimate of drug-likeness (QED) is 0.570. The monoisotopic (exact) mass is 340 g/mol. The van der Waals surface area contributed by atoms with Crippen LogP contribution < -0.4 is 5.56 Å². The molecule has 0 aliphatic rings. The van der Waals surface area contributed by atoms with Crippen LogP contribution in [0.1, 0.15) is 12.1 Å². The molecule has 0 bridgehead atoms. The third-order valence-corrected chi connectivity index (χ3v) is 4.48. The number of aryl methyl sites for hydroxylation is 3. The number of nitrogens with zero attached hydrogens (tertiary/aromatic N) is 4. The minimum atomic E-state index is -0.0465. The fraction of sp³-hybridized carbons (Fsp3) is 0.222. The summed E-state index contributed by atoms with van der Waals surface area (Å²) in [5.74, 6) is 0. The predicted molar refractivity (Wildman–Crippen MR) is 95.8 cm³/mol. The Morgan fingerprint density at radius 1 is 1.08 bits per heavy atom. The van der Waals surface area contributed by atoms with Gasteiger partial charge in [-0.15, -0.1) is 0 Å². The van der Waals surface area contributed by atoms with Crippen LogP contribution in [0.15, 0.2) is 53.8 Å². The van der Waals surface area contributed by atoms with Gasteiger partial charge in [0, 0.05) is 53.8 Å². The smallest absolute Gasteiger partial charge is 0.294 e. The van der Waals surface area contributed by atoms with Crippen LogP contribution in [0.2, 0.25) is 5.02 Å². The third-order valence-electron chi connectivity index (χ3n) is 4.24. The third kappa shape index (κ3) is 2.61. The van der Waals surface area contributed by atoms with Gasteiger partial charge in [-0.2, -0.15) is 0 Å². The van der Waals surface area contributed by atoms with Gasteiger partial charge in [0.25, 0.3) is 5.56 Å². The van der Waals surface area contributed by atoms with Gasteiger partial charge in [-0.3, -0.25) is 4.79 Å². The predicted octanol–water partition coefficient (Wildman–Crippen LogP) is 3.50.